The number of ether oxygens (including phenoxy) is 1. The Hall–Kier alpha value is -3.02. The fraction of sp³-hybridized carbons (Fsp3) is 0.588. The van der Waals surface area contributed by atoms with E-state index in [1.165, 1.54) is 101 Å². The molecule has 0 atom stereocenters. The Morgan fingerprint density at radius 1 is 0.850 bits per heavy atom. The molecule has 0 unspecified atom stereocenters. The predicted molar refractivity (Wildman–Crippen MR) is 157 cm³/mol. The van der Waals surface area contributed by atoms with Gasteiger partial charge in [-0.1, -0.05) is 51.9 Å². The van der Waals surface area contributed by atoms with Gasteiger partial charge in [0, 0.05) is 11.1 Å². The highest BCUT2D eigenvalue weighted by molar-refractivity contribution is 6.05. The Balaban J connectivity index is 1.30. The van der Waals surface area contributed by atoms with Gasteiger partial charge in [0.1, 0.15) is 11.5 Å². The third-order valence-corrected chi connectivity index (χ3v) is 9.60. The summed E-state index contributed by atoms with van der Waals surface area (Å²) in [6.07, 6.45) is 17.6. The lowest BCUT2D eigenvalue weighted by Gasteiger charge is -2.57. The lowest BCUT2D eigenvalue weighted by atomic mass is 9.48. The van der Waals surface area contributed by atoms with Gasteiger partial charge in [0.05, 0.1) is 17.9 Å². The molecule has 0 spiro atoms. The van der Waals surface area contributed by atoms with Crippen LogP contribution in [0, 0.1) is 17.8 Å². The Kier molecular flexibility index (Phi) is 9.02. The molecule has 6 heteroatoms. The predicted octanol–water partition coefficient (Wildman–Crippen LogP) is 8.33. The second-order valence-electron chi connectivity index (χ2n) is 12.7. The van der Waals surface area contributed by atoms with E-state index >= 15 is 0 Å². The third kappa shape index (κ3) is 6.47. The van der Waals surface area contributed by atoms with Crippen molar-refractivity contribution in [2.24, 2.45) is 17.8 Å². The standard InChI is InChI=1S/C34H45NO5/c1-2-3-4-5-6-7-8-9-14-40-31-13-11-26(32(37)35-29-12-10-27(33(38)39)19-30(29)36)18-28(31)34-20-23-15-24(21-34)17-25(16-23)22-34/h10-13,18-19,23-25,36H,2-9,14-17,20-22H2,1H3,(H,35,37)(H,38,39). The number of unbranched alkanes of at least 4 members (excludes halogenated alkanes) is 7. The first kappa shape index (κ1) is 28.5. The van der Waals surface area contributed by atoms with Gasteiger partial charge in [-0.3, -0.25) is 4.79 Å². The van der Waals surface area contributed by atoms with Crippen molar-refractivity contribution in [3.05, 3.63) is 53.1 Å². The number of aromatic carboxylic acids is 1. The van der Waals surface area contributed by atoms with Crippen LogP contribution in [0.4, 0.5) is 5.69 Å². The second-order valence-corrected chi connectivity index (χ2v) is 12.7. The topological polar surface area (TPSA) is 95.9 Å². The number of phenolic OH excluding ortho intramolecular Hbond substituents is 1. The number of carboxylic acid groups (broad SMARTS) is 1. The van der Waals surface area contributed by atoms with E-state index in [2.05, 4.69) is 12.2 Å². The summed E-state index contributed by atoms with van der Waals surface area (Å²) < 4.78 is 6.45. The fourth-order valence-corrected chi connectivity index (χ4v) is 8.03. The molecule has 4 fully saturated rings. The van der Waals surface area contributed by atoms with Gasteiger partial charge in [-0.25, -0.2) is 4.79 Å². The number of rotatable bonds is 14. The second kappa shape index (κ2) is 12.7. The molecule has 0 radical (unpaired) electrons. The third-order valence-electron chi connectivity index (χ3n) is 9.60. The molecule has 0 aromatic heterocycles. The molecule has 0 saturated heterocycles. The summed E-state index contributed by atoms with van der Waals surface area (Å²) in [5.41, 5.74) is 1.96. The molecular weight excluding hydrogens is 502 g/mol. The number of anilines is 1. The maximum atomic E-state index is 13.3. The average Bonchev–Trinajstić information content (AvgIpc) is 2.92. The van der Waals surface area contributed by atoms with Crippen molar-refractivity contribution in [3.63, 3.8) is 0 Å². The fourth-order valence-electron chi connectivity index (χ4n) is 8.03. The van der Waals surface area contributed by atoms with Crippen molar-refractivity contribution < 1.29 is 24.5 Å². The maximum absolute atomic E-state index is 13.3. The Morgan fingerprint density at radius 2 is 1.45 bits per heavy atom. The maximum Gasteiger partial charge on any atom is 0.335 e. The largest absolute Gasteiger partial charge is 0.506 e. The highest BCUT2D eigenvalue weighted by atomic mass is 16.5. The van der Waals surface area contributed by atoms with E-state index in [1.807, 2.05) is 18.2 Å². The van der Waals surface area contributed by atoms with E-state index in [-0.39, 0.29) is 28.3 Å². The smallest absolute Gasteiger partial charge is 0.335 e. The van der Waals surface area contributed by atoms with Crippen molar-refractivity contribution in [3.8, 4) is 11.5 Å². The number of carbonyl (C=O) groups excluding carboxylic acids is 1. The van der Waals surface area contributed by atoms with E-state index in [0.717, 1.165) is 36.0 Å². The van der Waals surface area contributed by atoms with Crippen LogP contribution in [0.3, 0.4) is 0 Å². The molecule has 216 valence electrons. The zero-order chi connectivity index (χ0) is 28.1. The summed E-state index contributed by atoms with van der Waals surface area (Å²) >= 11 is 0. The molecule has 0 heterocycles. The minimum atomic E-state index is -1.13. The van der Waals surface area contributed by atoms with Crippen LogP contribution in [0.1, 0.15) is 123 Å². The summed E-state index contributed by atoms with van der Waals surface area (Å²) in [4.78, 5) is 24.5. The van der Waals surface area contributed by atoms with E-state index < -0.39 is 5.97 Å². The molecular formula is C34H45NO5. The SMILES string of the molecule is CCCCCCCCCCOc1ccc(C(=O)Nc2ccc(C(=O)O)cc2O)cc1C12CC3CC(CC(C3)C1)C2. The first-order valence-electron chi connectivity index (χ1n) is 15.5. The molecule has 40 heavy (non-hydrogen) atoms. The van der Waals surface area contributed by atoms with E-state index in [4.69, 9.17) is 9.84 Å². The van der Waals surface area contributed by atoms with E-state index in [1.54, 1.807) is 0 Å². The van der Waals surface area contributed by atoms with Crippen molar-refractivity contribution in [2.75, 3.05) is 11.9 Å². The van der Waals surface area contributed by atoms with Crippen molar-refractivity contribution in [1.29, 1.82) is 0 Å². The van der Waals surface area contributed by atoms with Gasteiger partial charge in [0.2, 0.25) is 0 Å². The molecule has 6 nitrogen and oxygen atoms in total. The molecule has 4 saturated carbocycles. The molecule has 4 aliphatic rings. The van der Waals surface area contributed by atoms with Crippen LogP contribution in [0.2, 0.25) is 0 Å². The number of amides is 1. The van der Waals surface area contributed by atoms with Crippen LogP contribution in [0.25, 0.3) is 0 Å². The highest BCUT2D eigenvalue weighted by Crippen LogP contribution is 2.62. The summed E-state index contributed by atoms with van der Waals surface area (Å²) in [7, 11) is 0. The summed E-state index contributed by atoms with van der Waals surface area (Å²) in [6.45, 7) is 2.95. The first-order valence-corrected chi connectivity index (χ1v) is 15.5. The van der Waals surface area contributed by atoms with Crippen molar-refractivity contribution in [1.82, 2.24) is 0 Å². The zero-order valence-corrected chi connectivity index (χ0v) is 23.9. The number of carboxylic acids is 1. The molecule has 4 aliphatic carbocycles. The van der Waals surface area contributed by atoms with Gasteiger partial charge < -0.3 is 20.3 Å². The molecule has 2 aromatic carbocycles. The van der Waals surface area contributed by atoms with Gasteiger partial charge in [-0.05, 0) is 105 Å². The summed E-state index contributed by atoms with van der Waals surface area (Å²) in [6, 6.07) is 9.78. The normalized spacial score (nSPS) is 24.7. The number of carbonyl (C=O) groups is 2. The Bertz CT molecular complexity index is 1170. The van der Waals surface area contributed by atoms with Crippen LogP contribution in [0.15, 0.2) is 36.4 Å². The number of nitrogens with one attached hydrogen (secondary N) is 1. The lowest BCUT2D eigenvalue weighted by Crippen LogP contribution is -2.48. The summed E-state index contributed by atoms with van der Waals surface area (Å²) in [5.74, 6) is 1.53. The molecule has 2 aromatic rings. The van der Waals surface area contributed by atoms with Gasteiger partial charge in [0.25, 0.3) is 5.91 Å². The molecule has 0 aliphatic heterocycles. The van der Waals surface area contributed by atoms with Gasteiger partial charge in [-0.2, -0.15) is 0 Å². The van der Waals surface area contributed by atoms with E-state index in [9.17, 15) is 14.7 Å². The quantitative estimate of drug-likeness (QED) is 0.163. The molecule has 6 rings (SSSR count). The Labute approximate surface area is 238 Å². The van der Waals surface area contributed by atoms with Crippen LogP contribution >= 0.6 is 0 Å². The van der Waals surface area contributed by atoms with Crippen LogP contribution in [0.5, 0.6) is 11.5 Å². The minimum Gasteiger partial charge on any atom is -0.506 e. The Morgan fingerprint density at radius 3 is 2.05 bits per heavy atom. The summed E-state index contributed by atoms with van der Waals surface area (Å²) in [5, 5.41) is 22.2. The molecule has 3 N–H and O–H groups in total. The number of benzene rings is 2. The van der Waals surface area contributed by atoms with Crippen molar-refractivity contribution in [2.45, 2.75) is 102 Å². The van der Waals surface area contributed by atoms with Crippen LogP contribution in [-0.4, -0.2) is 28.7 Å². The number of hydrogen-bond donors (Lipinski definition) is 3. The average molecular weight is 548 g/mol. The van der Waals surface area contributed by atoms with Gasteiger partial charge in [0.15, 0.2) is 0 Å². The number of aromatic hydroxyl groups is 1. The van der Waals surface area contributed by atoms with Gasteiger partial charge >= 0.3 is 5.97 Å². The van der Waals surface area contributed by atoms with E-state index in [0.29, 0.717) is 12.2 Å². The lowest BCUT2D eigenvalue weighted by molar-refractivity contribution is -0.00641. The zero-order valence-electron chi connectivity index (χ0n) is 23.9. The van der Waals surface area contributed by atoms with Crippen molar-refractivity contribution >= 4 is 17.6 Å². The minimum absolute atomic E-state index is 0.0300. The number of phenols is 1. The monoisotopic (exact) mass is 547 g/mol. The number of hydrogen-bond acceptors (Lipinski definition) is 4. The van der Waals surface area contributed by atoms with Crippen LogP contribution in [-0.2, 0) is 5.41 Å². The molecule has 4 bridgehead atoms. The highest BCUT2D eigenvalue weighted by Gasteiger charge is 2.52. The van der Waals surface area contributed by atoms with Crippen LogP contribution < -0.4 is 10.1 Å². The first-order chi connectivity index (χ1) is 19.4. The molecule has 1 amide bonds. The van der Waals surface area contributed by atoms with Gasteiger partial charge in [-0.15, -0.1) is 0 Å².